The maximum Gasteiger partial charge on any atom is 0.304 e. The minimum absolute atomic E-state index is 0.0300. The van der Waals surface area contributed by atoms with Crippen molar-refractivity contribution in [1.29, 1.82) is 0 Å². The third-order valence-electron chi connectivity index (χ3n) is 2.16. The first-order valence-electron chi connectivity index (χ1n) is 4.63. The number of sulfone groups is 1. The molecule has 2 rings (SSSR count). The fourth-order valence-corrected chi connectivity index (χ4v) is 3.21. The summed E-state index contributed by atoms with van der Waals surface area (Å²) in [5.74, 6) is 0. The van der Waals surface area contributed by atoms with Crippen LogP contribution in [0.1, 0.15) is 12.8 Å². The van der Waals surface area contributed by atoms with Crippen LogP contribution in [0.25, 0.3) is 0 Å². The molecule has 1 heterocycles. The average Bonchev–Trinajstić information content (AvgIpc) is 2.80. The molecule has 0 unspecified atom stereocenters. The van der Waals surface area contributed by atoms with Crippen LogP contribution in [0.15, 0.2) is 10.3 Å². The maximum atomic E-state index is 11.3. The third-order valence-corrected chi connectivity index (χ3v) is 5.02. The summed E-state index contributed by atoms with van der Waals surface area (Å²) in [6, 6.07) is 1.37. The van der Waals surface area contributed by atoms with Crippen LogP contribution < -0.4 is 5.32 Å². The number of hydrogen-bond acceptors (Lipinski definition) is 6. The van der Waals surface area contributed by atoms with Crippen molar-refractivity contribution in [2.24, 2.45) is 0 Å². The molecule has 0 atom stereocenters. The van der Waals surface area contributed by atoms with Gasteiger partial charge in [0.1, 0.15) is 4.21 Å². The number of nitro groups is 1. The first kappa shape index (κ1) is 11.3. The van der Waals surface area contributed by atoms with E-state index in [1.807, 2.05) is 0 Å². The van der Waals surface area contributed by atoms with Crippen molar-refractivity contribution in [1.82, 2.24) is 0 Å². The molecule has 0 spiro atoms. The van der Waals surface area contributed by atoms with E-state index in [2.05, 4.69) is 5.32 Å². The van der Waals surface area contributed by atoms with Crippen molar-refractivity contribution in [3.63, 3.8) is 0 Å². The lowest BCUT2D eigenvalue weighted by Gasteiger charge is -1.98. The molecule has 0 saturated heterocycles. The molecule has 1 aromatic heterocycles. The molecule has 1 aromatic rings. The molecule has 6 nitrogen and oxygen atoms in total. The number of nitrogens with one attached hydrogen (secondary N) is 1. The molecular formula is C8H10N2O4S2. The van der Waals surface area contributed by atoms with Crippen molar-refractivity contribution in [3.05, 3.63) is 16.2 Å². The highest BCUT2D eigenvalue weighted by Crippen LogP contribution is 2.39. The molecule has 1 N–H and O–H groups in total. The second-order valence-corrected chi connectivity index (χ2v) is 7.02. The van der Waals surface area contributed by atoms with Gasteiger partial charge >= 0.3 is 5.69 Å². The van der Waals surface area contributed by atoms with Gasteiger partial charge in [-0.3, -0.25) is 10.1 Å². The summed E-state index contributed by atoms with van der Waals surface area (Å²) in [5, 5.41) is 14.1. The molecule has 0 aliphatic heterocycles. The molecule has 88 valence electrons. The van der Waals surface area contributed by atoms with Gasteiger partial charge in [0.05, 0.1) is 4.92 Å². The predicted molar refractivity (Wildman–Crippen MR) is 60.7 cm³/mol. The zero-order chi connectivity index (χ0) is 11.9. The first-order chi connectivity index (χ1) is 7.38. The molecule has 16 heavy (non-hydrogen) atoms. The summed E-state index contributed by atoms with van der Waals surface area (Å²) < 4.78 is 22.6. The van der Waals surface area contributed by atoms with E-state index >= 15 is 0 Å². The molecule has 0 radical (unpaired) electrons. The van der Waals surface area contributed by atoms with Crippen molar-refractivity contribution >= 4 is 31.9 Å². The lowest BCUT2D eigenvalue weighted by Crippen LogP contribution is -2.00. The van der Waals surface area contributed by atoms with Crippen LogP contribution in [0.5, 0.6) is 0 Å². The Morgan fingerprint density at radius 1 is 1.56 bits per heavy atom. The van der Waals surface area contributed by atoms with Gasteiger partial charge in [0.2, 0.25) is 0 Å². The molecule has 0 aromatic carbocycles. The molecule has 1 aliphatic carbocycles. The van der Waals surface area contributed by atoms with Crippen LogP contribution >= 0.6 is 11.3 Å². The number of nitrogens with zero attached hydrogens (tertiary/aromatic N) is 1. The fraction of sp³-hybridized carbons (Fsp3) is 0.500. The van der Waals surface area contributed by atoms with Crippen LogP contribution in [0.4, 0.5) is 10.7 Å². The Morgan fingerprint density at radius 2 is 2.19 bits per heavy atom. The van der Waals surface area contributed by atoms with Crippen molar-refractivity contribution in [2.75, 3.05) is 11.6 Å². The SMILES string of the molecule is CS(=O)(=O)c1cc([N+](=O)[O-])c(NC2CC2)s1. The van der Waals surface area contributed by atoms with Gasteiger partial charge in [-0.2, -0.15) is 0 Å². The molecule has 8 heteroatoms. The summed E-state index contributed by atoms with van der Waals surface area (Å²) >= 11 is 0.922. The minimum atomic E-state index is -3.38. The normalized spacial score (nSPS) is 16.1. The molecule has 1 aliphatic rings. The van der Waals surface area contributed by atoms with Gasteiger partial charge in [-0.15, -0.1) is 0 Å². The highest BCUT2D eigenvalue weighted by atomic mass is 32.2. The summed E-state index contributed by atoms with van der Waals surface area (Å²) in [7, 11) is -3.38. The Labute approximate surface area is 96.4 Å². The van der Waals surface area contributed by atoms with Crippen LogP contribution in [0.2, 0.25) is 0 Å². The van der Waals surface area contributed by atoms with Crippen LogP contribution in [0.3, 0.4) is 0 Å². The highest BCUT2D eigenvalue weighted by Gasteiger charge is 2.28. The Hall–Kier alpha value is -1.15. The minimum Gasteiger partial charge on any atom is -0.369 e. The number of rotatable bonds is 4. The van der Waals surface area contributed by atoms with Crippen molar-refractivity contribution < 1.29 is 13.3 Å². The lowest BCUT2D eigenvalue weighted by molar-refractivity contribution is -0.383. The second-order valence-electron chi connectivity index (χ2n) is 3.73. The highest BCUT2D eigenvalue weighted by molar-refractivity contribution is 7.92. The van der Waals surface area contributed by atoms with Gasteiger partial charge in [0.25, 0.3) is 0 Å². The van der Waals surface area contributed by atoms with E-state index in [0.717, 1.165) is 36.5 Å². The second kappa shape index (κ2) is 3.70. The quantitative estimate of drug-likeness (QED) is 0.658. The van der Waals surface area contributed by atoms with E-state index in [4.69, 9.17) is 0 Å². The van der Waals surface area contributed by atoms with Crippen LogP contribution in [0, 0.1) is 10.1 Å². The van der Waals surface area contributed by atoms with E-state index in [1.165, 1.54) is 0 Å². The Kier molecular flexibility index (Phi) is 2.62. The zero-order valence-corrected chi connectivity index (χ0v) is 10.1. The average molecular weight is 262 g/mol. The van der Waals surface area contributed by atoms with E-state index in [1.54, 1.807) is 0 Å². The Bertz CT molecular complexity index is 530. The maximum absolute atomic E-state index is 11.3. The van der Waals surface area contributed by atoms with Gasteiger partial charge in [-0.1, -0.05) is 11.3 Å². The van der Waals surface area contributed by atoms with E-state index < -0.39 is 14.8 Å². The largest absolute Gasteiger partial charge is 0.369 e. The predicted octanol–water partition coefficient (Wildman–Crippen LogP) is 1.63. The summed E-state index contributed by atoms with van der Waals surface area (Å²) in [4.78, 5) is 10.2. The first-order valence-corrected chi connectivity index (χ1v) is 7.33. The summed E-state index contributed by atoms with van der Waals surface area (Å²) in [6.07, 6.45) is 3.00. The Balaban J connectivity index is 2.40. The summed E-state index contributed by atoms with van der Waals surface area (Å²) in [5.41, 5.74) is -0.155. The summed E-state index contributed by atoms with van der Waals surface area (Å²) in [6.45, 7) is 0. The molecular weight excluding hydrogens is 252 g/mol. The van der Waals surface area contributed by atoms with Gasteiger partial charge in [-0.25, -0.2) is 8.42 Å². The van der Waals surface area contributed by atoms with Crippen LogP contribution in [-0.2, 0) is 9.84 Å². The lowest BCUT2D eigenvalue weighted by atomic mass is 10.5. The van der Waals surface area contributed by atoms with Crippen LogP contribution in [-0.4, -0.2) is 25.6 Å². The third kappa shape index (κ3) is 2.33. The van der Waals surface area contributed by atoms with E-state index in [9.17, 15) is 18.5 Å². The topological polar surface area (TPSA) is 89.3 Å². The standard InChI is InChI=1S/C8H10N2O4S2/c1-16(13,14)7-4-6(10(11)12)8(15-7)9-5-2-3-5/h4-5,9H,2-3H2,1H3. The van der Waals surface area contributed by atoms with Crippen molar-refractivity contribution in [3.8, 4) is 0 Å². The van der Waals surface area contributed by atoms with E-state index in [-0.39, 0.29) is 15.9 Å². The van der Waals surface area contributed by atoms with Gasteiger partial charge in [0.15, 0.2) is 14.8 Å². The smallest absolute Gasteiger partial charge is 0.304 e. The van der Waals surface area contributed by atoms with Gasteiger partial charge in [-0.05, 0) is 12.8 Å². The molecule has 0 amide bonds. The molecule has 0 bridgehead atoms. The van der Waals surface area contributed by atoms with Gasteiger partial charge < -0.3 is 5.32 Å². The van der Waals surface area contributed by atoms with E-state index in [0.29, 0.717) is 5.00 Å². The molecule has 1 fully saturated rings. The Morgan fingerprint density at radius 3 is 2.62 bits per heavy atom. The van der Waals surface area contributed by atoms with Crippen molar-refractivity contribution in [2.45, 2.75) is 23.1 Å². The number of hydrogen-bond donors (Lipinski definition) is 1. The number of thiophene rings is 1. The fourth-order valence-electron chi connectivity index (χ4n) is 1.19. The zero-order valence-electron chi connectivity index (χ0n) is 8.47. The number of anilines is 1. The monoisotopic (exact) mass is 262 g/mol. The van der Waals surface area contributed by atoms with Gasteiger partial charge in [0, 0.05) is 18.4 Å². The molecule has 1 saturated carbocycles.